The standard InChI is InChI=1S/C13H17N3O/c1-7(2)11-10-9(6-17)5-14-13(10)16-12(15-11)8(3)4/h5-8H,1-4H3,(H,14,15,16). The van der Waals surface area contributed by atoms with Gasteiger partial charge in [0.25, 0.3) is 0 Å². The molecule has 0 bridgehead atoms. The number of carbonyl (C=O) groups is 1. The molecule has 0 aromatic carbocycles. The van der Waals surface area contributed by atoms with Crippen molar-refractivity contribution in [2.45, 2.75) is 39.5 Å². The molecule has 2 aromatic rings. The third kappa shape index (κ3) is 1.95. The number of aldehydes is 1. The Kier molecular flexibility index (Phi) is 2.96. The van der Waals surface area contributed by atoms with Gasteiger partial charge in [-0.15, -0.1) is 0 Å². The molecule has 0 fully saturated rings. The number of aromatic nitrogens is 3. The molecule has 0 spiro atoms. The van der Waals surface area contributed by atoms with Crippen LogP contribution >= 0.6 is 0 Å². The van der Waals surface area contributed by atoms with Crippen LogP contribution in [0.15, 0.2) is 6.20 Å². The maximum Gasteiger partial charge on any atom is 0.152 e. The first kappa shape index (κ1) is 11.8. The summed E-state index contributed by atoms with van der Waals surface area (Å²) in [4.78, 5) is 23.1. The third-order valence-electron chi connectivity index (χ3n) is 2.80. The van der Waals surface area contributed by atoms with Gasteiger partial charge >= 0.3 is 0 Å². The van der Waals surface area contributed by atoms with Crippen LogP contribution < -0.4 is 0 Å². The van der Waals surface area contributed by atoms with Gasteiger partial charge in [0.1, 0.15) is 11.5 Å². The lowest BCUT2D eigenvalue weighted by Gasteiger charge is -2.11. The SMILES string of the molecule is CC(C)c1nc(C(C)C)c2c(C=O)c[nH]c2n1. The van der Waals surface area contributed by atoms with E-state index in [0.29, 0.717) is 5.56 Å². The second-order valence-electron chi connectivity index (χ2n) is 4.86. The predicted octanol–water partition coefficient (Wildman–Crippen LogP) is 3.02. The molecule has 90 valence electrons. The first-order valence-electron chi connectivity index (χ1n) is 5.88. The summed E-state index contributed by atoms with van der Waals surface area (Å²) >= 11 is 0. The number of carbonyl (C=O) groups excluding carboxylic acids is 1. The van der Waals surface area contributed by atoms with Crippen LogP contribution in [0.2, 0.25) is 0 Å². The molecule has 0 aliphatic carbocycles. The highest BCUT2D eigenvalue weighted by Crippen LogP contribution is 2.26. The summed E-state index contributed by atoms with van der Waals surface area (Å²) in [6.07, 6.45) is 2.55. The molecule has 2 heterocycles. The summed E-state index contributed by atoms with van der Waals surface area (Å²) in [5.74, 6) is 1.37. The van der Waals surface area contributed by atoms with Crippen molar-refractivity contribution in [3.8, 4) is 0 Å². The van der Waals surface area contributed by atoms with Crippen molar-refractivity contribution in [1.29, 1.82) is 0 Å². The topological polar surface area (TPSA) is 58.6 Å². The van der Waals surface area contributed by atoms with Gasteiger partial charge in [0.15, 0.2) is 6.29 Å². The van der Waals surface area contributed by atoms with Gasteiger partial charge in [-0.05, 0) is 5.92 Å². The highest BCUT2D eigenvalue weighted by Gasteiger charge is 2.16. The third-order valence-corrected chi connectivity index (χ3v) is 2.80. The van der Waals surface area contributed by atoms with Crippen LogP contribution in [0, 0.1) is 0 Å². The molecule has 0 atom stereocenters. The van der Waals surface area contributed by atoms with E-state index in [1.165, 1.54) is 0 Å². The molecule has 1 N–H and O–H groups in total. The quantitative estimate of drug-likeness (QED) is 0.826. The number of hydrogen-bond donors (Lipinski definition) is 1. The van der Waals surface area contributed by atoms with Gasteiger partial charge in [0.2, 0.25) is 0 Å². The number of nitrogens with one attached hydrogen (secondary N) is 1. The summed E-state index contributed by atoms with van der Waals surface area (Å²) in [5, 5.41) is 0.861. The Hall–Kier alpha value is -1.71. The molecule has 2 rings (SSSR count). The average Bonchev–Trinajstić information content (AvgIpc) is 2.70. The zero-order chi connectivity index (χ0) is 12.6. The summed E-state index contributed by atoms with van der Waals surface area (Å²) in [7, 11) is 0. The molecular weight excluding hydrogens is 214 g/mol. The largest absolute Gasteiger partial charge is 0.345 e. The first-order chi connectivity index (χ1) is 8.04. The van der Waals surface area contributed by atoms with E-state index >= 15 is 0 Å². The molecule has 0 unspecified atom stereocenters. The Morgan fingerprint density at radius 1 is 1.18 bits per heavy atom. The highest BCUT2D eigenvalue weighted by atomic mass is 16.1. The van der Waals surface area contributed by atoms with Gasteiger partial charge in [-0.2, -0.15) is 0 Å². The van der Waals surface area contributed by atoms with E-state index < -0.39 is 0 Å². The van der Waals surface area contributed by atoms with E-state index in [1.54, 1.807) is 6.20 Å². The van der Waals surface area contributed by atoms with Crippen molar-refractivity contribution in [3.63, 3.8) is 0 Å². The zero-order valence-corrected chi connectivity index (χ0v) is 10.6. The Morgan fingerprint density at radius 2 is 1.88 bits per heavy atom. The molecular formula is C13H17N3O. The molecule has 0 radical (unpaired) electrons. The van der Waals surface area contributed by atoms with Gasteiger partial charge < -0.3 is 4.98 Å². The van der Waals surface area contributed by atoms with Crippen molar-refractivity contribution in [2.75, 3.05) is 0 Å². The van der Waals surface area contributed by atoms with Crippen LogP contribution in [0.1, 0.15) is 61.4 Å². The van der Waals surface area contributed by atoms with Crippen LogP contribution in [0.5, 0.6) is 0 Å². The summed E-state index contributed by atoms with van der Waals surface area (Å²) in [6, 6.07) is 0. The van der Waals surface area contributed by atoms with E-state index in [0.717, 1.165) is 28.8 Å². The van der Waals surface area contributed by atoms with Crippen molar-refractivity contribution < 1.29 is 4.79 Å². The van der Waals surface area contributed by atoms with Crippen LogP contribution in [0.3, 0.4) is 0 Å². The molecule has 0 aliphatic heterocycles. The zero-order valence-electron chi connectivity index (χ0n) is 10.6. The number of H-pyrrole nitrogens is 1. The Balaban J connectivity index is 2.78. The number of fused-ring (bicyclic) bond motifs is 1. The van der Waals surface area contributed by atoms with Crippen molar-refractivity contribution in [1.82, 2.24) is 15.0 Å². The summed E-state index contributed by atoms with van der Waals surface area (Å²) in [5.41, 5.74) is 2.34. The van der Waals surface area contributed by atoms with E-state index in [4.69, 9.17) is 0 Å². The lowest BCUT2D eigenvalue weighted by Crippen LogP contribution is -2.04. The summed E-state index contributed by atoms with van der Waals surface area (Å²) < 4.78 is 0. The van der Waals surface area contributed by atoms with Crippen LogP contribution in [-0.2, 0) is 0 Å². The van der Waals surface area contributed by atoms with Crippen molar-refractivity contribution >= 4 is 17.3 Å². The fourth-order valence-corrected chi connectivity index (χ4v) is 1.87. The number of nitrogens with zero attached hydrogens (tertiary/aromatic N) is 2. The minimum Gasteiger partial charge on any atom is -0.345 e. The molecule has 4 nitrogen and oxygen atoms in total. The first-order valence-corrected chi connectivity index (χ1v) is 5.88. The van der Waals surface area contributed by atoms with Crippen LogP contribution in [0.25, 0.3) is 11.0 Å². The van der Waals surface area contributed by atoms with E-state index in [1.807, 2.05) is 0 Å². The molecule has 2 aromatic heterocycles. The normalized spacial score (nSPS) is 11.6. The number of hydrogen-bond acceptors (Lipinski definition) is 3. The van der Waals surface area contributed by atoms with Gasteiger partial charge in [-0.1, -0.05) is 27.7 Å². The lowest BCUT2D eigenvalue weighted by molar-refractivity contribution is 0.112. The maximum atomic E-state index is 11.0. The van der Waals surface area contributed by atoms with Crippen molar-refractivity contribution in [2.24, 2.45) is 0 Å². The second-order valence-corrected chi connectivity index (χ2v) is 4.86. The van der Waals surface area contributed by atoms with E-state index in [9.17, 15) is 4.79 Å². The van der Waals surface area contributed by atoms with Crippen LogP contribution in [-0.4, -0.2) is 21.2 Å². The molecule has 0 saturated heterocycles. The van der Waals surface area contributed by atoms with Crippen molar-refractivity contribution in [3.05, 3.63) is 23.3 Å². The summed E-state index contributed by atoms with van der Waals surface area (Å²) in [6.45, 7) is 8.28. The average molecular weight is 231 g/mol. The molecule has 0 aliphatic rings. The van der Waals surface area contributed by atoms with Crippen LogP contribution in [0.4, 0.5) is 0 Å². The number of rotatable bonds is 3. The van der Waals surface area contributed by atoms with Gasteiger partial charge in [-0.25, -0.2) is 9.97 Å². The number of aromatic amines is 1. The Labute approximate surface area is 100 Å². The van der Waals surface area contributed by atoms with E-state index in [-0.39, 0.29) is 11.8 Å². The predicted molar refractivity (Wildman–Crippen MR) is 67.5 cm³/mol. The van der Waals surface area contributed by atoms with E-state index in [2.05, 4.69) is 42.6 Å². The fraction of sp³-hybridized carbons (Fsp3) is 0.462. The van der Waals surface area contributed by atoms with Gasteiger partial charge in [0.05, 0.1) is 11.1 Å². The molecule has 0 amide bonds. The monoisotopic (exact) mass is 231 g/mol. The fourth-order valence-electron chi connectivity index (χ4n) is 1.87. The highest BCUT2D eigenvalue weighted by molar-refractivity contribution is 5.97. The van der Waals surface area contributed by atoms with Gasteiger partial charge in [-0.3, -0.25) is 4.79 Å². The molecule has 17 heavy (non-hydrogen) atoms. The molecule has 0 saturated carbocycles. The lowest BCUT2D eigenvalue weighted by atomic mass is 10.0. The maximum absolute atomic E-state index is 11.0. The molecule has 4 heteroatoms. The van der Waals surface area contributed by atoms with Gasteiger partial charge in [0, 0.05) is 17.7 Å². The smallest absolute Gasteiger partial charge is 0.152 e. The minimum atomic E-state index is 0.271. The Morgan fingerprint density at radius 3 is 2.41 bits per heavy atom. The minimum absolute atomic E-state index is 0.271. The Bertz CT molecular complexity index is 555. The second kappa shape index (κ2) is 4.28.